The molecule has 0 radical (unpaired) electrons. The van der Waals surface area contributed by atoms with Gasteiger partial charge in [-0.05, 0) is 25.7 Å². The first-order valence-corrected chi connectivity index (χ1v) is 10.5. The van der Waals surface area contributed by atoms with Crippen molar-refractivity contribution >= 4 is 22.8 Å². The van der Waals surface area contributed by atoms with Crippen molar-refractivity contribution in [3.8, 4) is 0 Å². The summed E-state index contributed by atoms with van der Waals surface area (Å²) in [6.45, 7) is 0.469. The lowest BCUT2D eigenvalue weighted by Crippen LogP contribution is -2.20. The Balaban J connectivity index is 1.68. The molecule has 2 aromatic carbocycles. The van der Waals surface area contributed by atoms with Crippen molar-refractivity contribution in [2.24, 2.45) is 20.6 Å². The molecule has 0 unspecified atom stereocenters. The van der Waals surface area contributed by atoms with Crippen molar-refractivity contribution < 1.29 is 19.4 Å². The van der Waals surface area contributed by atoms with Crippen LogP contribution in [-0.2, 0) is 19.4 Å². The predicted molar refractivity (Wildman–Crippen MR) is 125 cm³/mol. The van der Waals surface area contributed by atoms with Gasteiger partial charge in [-0.15, -0.1) is 0 Å². The molecular weight excluding hydrogens is 408 g/mol. The predicted octanol–water partition coefficient (Wildman–Crippen LogP) is 4.41. The average Bonchev–Trinajstić information content (AvgIpc) is 2.85. The van der Waals surface area contributed by atoms with Crippen molar-refractivity contribution in [2.75, 3.05) is 27.4 Å². The Morgan fingerprint density at radius 3 is 1.75 bits per heavy atom. The summed E-state index contributed by atoms with van der Waals surface area (Å²) < 4.78 is 0. The highest BCUT2D eigenvalue weighted by Crippen LogP contribution is 2.14. The second-order valence-corrected chi connectivity index (χ2v) is 6.93. The summed E-state index contributed by atoms with van der Waals surface area (Å²) in [6.07, 6.45) is 3.81. The molecule has 0 N–H and O–H groups in total. The molecule has 1 fully saturated rings. The summed E-state index contributed by atoms with van der Waals surface area (Å²) in [4.78, 5) is 21.0. The van der Waals surface area contributed by atoms with E-state index in [0.29, 0.717) is 11.4 Å². The molecule has 0 bridgehead atoms. The van der Waals surface area contributed by atoms with Crippen LogP contribution in [0.2, 0.25) is 0 Å². The lowest BCUT2D eigenvalue weighted by atomic mass is 9.97. The van der Waals surface area contributed by atoms with Gasteiger partial charge in [0.05, 0.1) is 0 Å². The van der Waals surface area contributed by atoms with Crippen LogP contribution >= 0.6 is 0 Å². The van der Waals surface area contributed by atoms with Gasteiger partial charge in [0.2, 0.25) is 0 Å². The first-order chi connectivity index (χ1) is 15.8. The van der Waals surface area contributed by atoms with E-state index >= 15 is 0 Å². The van der Waals surface area contributed by atoms with Gasteiger partial charge >= 0.3 is 0 Å². The third kappa shape index (κ3) is 6.66. The van der Waals surface area contributed by atoms with Crippen molar-refractivity contribution in [1.29, 1.82) is 0 Å². The number of hydrogen-bond donors (Lipinski definition) is 0. The van der Waals surface area contributed by atoms with Crippen molar-refractivity contribution in [1.82, 2.24) is 0 Å². The molecule has 8 heteroatoms. The van der Waals surface area contributed by atoms with E-state index in [1.165, 1.54) is 14.2 Å². The minimum absolute atomic E-state index is 0.221. The fraction of sp³-hybridized carbons (Fsp3) is 0.333. The van der Waals surface area contributed by atoms with Crippen LogP contribution in [0.1, 0.15) is 36.8 Å². The highest BCUT2D eigenvalue weighted by atomic mass is 16.7. The third-order valence-electron chi connectivity index (χ3n) is 4.71. The van der Waals surface area contributed by atoms with Crippen LogP contribution < -0.4 is 0 Å². The molecule has 2 aromatic rings. The minimum Gasteiger partial charge on any atom is -0.399 e. The van der Waals surface area contributed by atoms with Crippen molar-refractivity contribution in [3.63, 3.8) is 0 Å². The summed E-state index contributed by atoms with van der Waals surface area (Å²) in [5, 5.41) is 16.8. The van der Waals surface area contributed by atoms with Gasteiger partial charge < -0.3 is 19.4 Å². The third-order valence-corrected chi connectivity index (χ3v) is 4.71. The number of nitrogens with zero attached hydrogens (tertiary/aromatic N) is 4. The monoisotopic (exact) mass is 436 g/mol. The smallest absolute Gasteiger partial charge is 0.153 e. The van der Waals surface area contributed by atoms with Gasteiger partial charge in [-0.3, -0.25) is 0 Å². The highest BCUT2D eigenvalue weighted by molar-refractivity contribution is 6.53. The summed E-state index contributed by atoms with van der Waals surface area (Å²) in [7, 11) is 3.04. The number of oxime groups is 4. The maximum atomic E-state index is 5.57. The van der Waals surface area contributed by atoms with Gasteiger partial charge in [-0.2, -0.15) is 0 Å². The molecule has 1 aliphatic rings. The second-order valence-electron chi connectivity index (χ2n) is 6.93. The minimum atomic E-state index is 0.221. The molecular formula is C24H28N4O4. The molecule has 1 aliphatic carbocycles. The van der Waals surface area contributed by atoms with E-state index in [2.05, 4.69) is 20.6 Å². The van der Waals surface area contributed by atoms with Gasteiger partial charge in [0, 0.05) is 11.1 Å². The Kier molecular flexibility index (Phi) is 9.26. The van der Waals surface area contributed by atoms with Gasteiger partial charge in [-0.1, -0.05) is 81.3 Å². The number of hydrogen-bond acceptors (Lipinski definition) is 8. The quantitative estimate of drug-likeness (QED) is 0.314. The zero-order valence-electron chi connectivity index (χ0n) is 18.4. The molecule has 3 rings (SSSR count). The number of rotatable bonds is 10. The van der Waals surface area contributed by atoms with E-state index in [1.807, 2.05) is 60.7 Å². The Morgan fingerprint density at radius 2 is 1.19 bits per heavy atom. The summed E-state index contributed by atoms with van der Waals surface area (Å²) in [5.74, 6) is 0. The molecule has 0 heterocycles. The van der Waals surface area contributed by atoms with Crippen LogP contribution in [0.3, 0.4) is 0 Å². The van der Waals surface area contributed by atoms with E-state index in [0.717, 1.165) is 48.2 Å². The highest BCUT2D eigenvalue weighted by Gasteiger charge is 2.17. The zero-order valence-corrected chi connectivity index (χ0v) is 18.4. The lowest BCUT2D eigenvalue weighted by molar-refractivity contribution is 0.0541. The lowest BCUT2D eigenvalue weighted by Gasteiger charge is -2.14. The second kappa shape index (κ2) is 12.9. The standard InChI is InChI=1S/C24H28N4O4/c1-29-25-21-15-9-10-16-22(21)26-31-17-18-32-28-24(20-13-7-4-8-14-20)23(27-30-2)19-11-5-3-6-12-19/h3-8,11-14H,9-10,15-18H2,1-2H3/b25-21+,26-22+,27-23+,28-24+. The fourth-order valence-electron chi connectivity index (χ4n) is 3.24. The van der Waals surface area contributed by atoms with Gasteiger partial charge in [0.1, 0.15) is 37.1 Å². The van der Waals surface area contributed by atoms with Crippen LogP contribution in [-0.4, -0.2) is 50.3 Å². The van der Waals surface area contributed by atoms with Gasteiger partial charge in [0.15, 0.2) is 13.2 Å². The molecule has 32 heavy (non-hydrogen) atoms. The van der Waals surface area contributed by atoms with Crippen molar-refractivity contribution in [3.05, 3.63) is 71.8 Å². The van der Waals surface area contributed by atoms with E-state index in [1.54, 1.807) is 0 Å². The summed E-state index contributed by atoms with van der Waals surface area (Å²) in [6, 6.07) is 19.4. The maximum Gasteiger partial charge on any atom is 0.153 e. The Morgan fingerprint density at radius 1 is 0.656 bits per heavy atom. The van der Waals surface area contributed by atoms with Gasteiger partial charge in [-0.25, -0.2) is 0 Å². The Bertz CT molecular complexity index is 956. The van der Waals surface area contributed by atoms with Crippen LogP contribution in [0.5, 0.6) is 0 Å². The van der Waals surface area contributed by atoms with Crippen LogP contribution in [0.15, 0.2) is 81.3 Å². The molecule has 8 nitrogen and oxygen atoms in total. The fourth-order valence-corrected chi connectivity index (χ4v) is 3.24. The largest absolute Gasteiger partial charge is 0.399 e. The summed E-state index contributed by atoms with van der Waals surface area (Å²) >= 11 is 0. The molecule has 168 valence electrons. The molecule has 0 aliphatic heterocycles. The first kappa shape index (κ1) is 23.0. The van der Waals surface area contributed by atoms with E-state index in [9.17, 15) is 0 Å². The number of benzene rings is 2. The zero-order chi connectivity index (χ0) is 22.4. The summed E-state index contributed by atoms with van der Waals surface area (Å²) in [5.41, 5.74) is 4.52. The maximum absolute atomic E-state index is 5.57. The van der Waals surface area contributed by atoms with Crippen LogP contribution in [0.4, 0.5) is 0 Å². The molecule has 1 saturated carbocycles. The normalized spacial score (nSPS) is 17.3. The van der Waals surface area contributed by atoms with Gasteiger partial charge in [0.25, 0.3) is 0 Å². The Labute approximate surface area is 188 Å². The van der Waals surface area contributed by atoms with E-state index < -0.39 is 0 Å². The molecule has 0 spiro atoms. The van der Waals surface area contributed by atoms with Crippen LogP contribution in [0, 0.1) is 0 Å². The molecule has 0 atom stereocenters. The van der Waals surface area contributed by atoms with Crippen molar-refractivity contribution in [2.45, 2.75) is 25.7 Å². The topological polar surface area (TPSA) is 86.4 Å². The van der Waals surface area contributed by atoms with E-state index in [-0.39, 0.29) is 13.2 Å². The average molecular weight is 437 g/mol. The SMILES string of the molecule is CO/N=C1\CCCC\C1=N/OCCO/N=C(/C(=N/OC)c1ccccc1)c1ccccc1. The first-order valence-electron chi connectivity index (χ1n) is 10.5. The Hall–Kier alpha value is -3.68. The molecule has 0 aromatic heterocycles. The molecule has 0 amide bonds. The van der Waals surface area contributed by atoms with Crippen LogP contribution in [0.25, 0.3) is 0 Å². The molecule has 0 saturated heterocycles. The van der Waals surface area contributed by atoms with E-state index in [4.69, 9.17) is 19.4 Å².